The number of hydrogen-bond donors (Lipinski definition) is 0. The van der Waals surface area contributed by atoms with Crippen LogP contribution in [0, 0.1) is 0 Å². The minimum absolute atomic E-state index is 0.358. The van der Waals surface area contributed by atoms with Crippen LogP contribution in [0.25, 0.3) is 0 Å². The Labute approximate surface area is 174 Å². The van der Waals surface area contributed by atoms with E-state index in [2.05, 4.69) is 46.3 Å². The van der Waals surface area contributed by atoms with Crippen LogP contribution in [-0.4, -0.2) is 34.7 Å². The molecule has 1 atom stereocenters. The topological polar surface area (TPSA) is 45.7 Å². The molecule has 0 bridgehead atoms. The molecule has 1 aliphatic rings. The van der Waals surface area contributed by atoms with E-state index < -0.39 is 5.60 Å². The van der Waals surface area contributed by atoms with Gasteiger partial charge in [0.15, 0.2) is 0 Å². The normalized spacial score (nSPS) is 17.7. The number of hydrogen-bond acceptors (Lipinski definition) is 4. The number of ether oxygens (including phenoxy) is 1. The molecule has 3 rings (SSSR count). The molecule has 156 valence electrons. The molecule has 0 N–H and O–H groups in total. The Morgan fingerprint density at radius 3 is 2.55 bits per heavy atom. The third-order valence-electron chi connectivity index (χ3n) is 5.20. The Balaban J connectivity index is 1.74. The van der Waals surface area contributed by atoms with E-state index in [0.29, 0.717) is 18.4 Å². The zero-order valence-corrected chi connectivity index (χ0v) is 18.1. The molecule has 1 fully saturated rings. The number of carbonyl (C=O) groups is 1. The van der Waals surface area contributed by atoms with Gasteiger partial charge in [0, 0.05) is 25.3 Å². The van der Waals surface area contributed by atoms with Crippen molar-refractivity contribution in [3.8, 4) is 0 Å². The number of rotatable bonds is 5. The van der Waals surface area contributed by atoms with Gasteiger partial charge in [0.25, 0.3) is 0 Å². The zero-order chi connectivity index (χ0) is 20.9. The van der Waals surface area contributed by atoms with Crippen LogP contribution in [0.15, 0.2) is 48.7 Å². The Morgan fingerprint density at radius 1 is 1.17 bits per heavy atom. The van der Waals surface area contributed by atoms with Crippen molar-refractivity contribution >= 4 is 11.9 Å². The average Bonchev–Trinajstić information content (AvgIpc) is 2.69. The summed E-state index contributed by atoms with van der Waals surface area (Å²) in [4.78, 5) is 21.2. The zero-order valence-electron chi connectivity index (χ0n) is 18.1. The second kappa shape index (κ2) is 9.40. The molecular formula is C24H33N3O2. The lowest BCUT2D eigenvalue weighted by Gasteiger charge is -2.36. The summed E-state index contributed by atoms with van der Waals surface area (Å²) < 4.78 is 5.51. The predicted octanol–water partition coefficient (Wildman–Crippen LogP) is 5.57. The number of amides is 1. The highest BCUT2D eigenvalue weighted by Gasteiger charge is 2.26. The van der Waals surface area contributed by atoms with Gasteiger partial charge in [-0.2, -0.15) is 0 Å². The van der Waals surface area contributed by atoms with Crippen molar-refractivity contribution in [2.24, 2.45) is 0 Å². The van der Waals surface area contributed by atoms with Crippen molar-refractivity contribution in [2.75, 3.05) is 18.0 Å². The van der Waals surface area contributed by atoms with Gasteiger partial charge in [-0.25, -0.2) is 9.78 Å². The molecule has 1 aromatic carbocycles. The standard InChI is InChI=1S/C24H33N3O2/c1-5-27(23(28)29-24(2,3)4)22-15-14-20(17-25-22)21-13-9-10-16-26(21)18-19-11-7-6-8-12-19/h6-8,11-12,14-15,17,21H,5,9-10,13,16,18H2,1-4H3/t21-/m1/s1. The Kier molecular flexibility index (Phi) is 6.91. The lowest BCUT2D eigenvalue weighted by atomic mass is 9.95. The molecule has 0 spiro atoms. The van der Waals surface area contributed by atoms with Gasteiger partial charge in [0.1, 0.15) is 11.4 Å². The van der Waals surface area contributed by atoms with Gasteiger partial charge in [0.05, 0.1) is 0 Å². The van der Waals surface area contributed by atoms with E-state index in [1.165, 1.54) is 24.0 Å². The first kappa shape index (κ1) is 21.3. The third kappa shape index (κ3) is 5.80. The van der Waals surface area contributed by atoms with Crippen LogP contribution in [0.2, 0.25) is 0 Å². The maximum atomic E-state index is 12.5. The molecule has 5 heteroatoms. The predicted molar refractivity (Wildman–Crippen MR) is 117 cm³/mol. The number of likely N-dealkylation sites (tertiary alicyclic amines) is 1. The van der Waals surface area contributed by atoms with Crippen molar-refractivity contribution in [3.63, 3.8) is 0 Å². The van der Waals surface area contributed by atoms with E-state index in [-0.39, 0.29) is 6.09 Å². The minimum Gasteiger partial charge on any atom is -0.443 e. The molecule has 0 radical (unpaired) electrons. The molecule has 1 saturated heterocycles. The van der Waals surface area contributed by atoms with E-state index in [9.17, 15) is 4.79 Å². The lowest BCUT2D eigenvalue weighted by Crippen LogP contribution is -2.37. The number of aromatic nitrogens is 1. The van der Waals surface area contributed by atoms with Gasteiger partial charge >= 0.3 is 6.09 Å². The number of pyridine rings is 1. The molecule has 1 aliphatic heterocycles. The Bertz CT molecular complexity index is 784. The Hall–Kier alpha value is -2.40. The Morgan fingerprint density at radius 2 is 1.93 bits per heavy atom. The van der Waals surface area contributed by atoms with Crippen molar-refractivity contribution in [1.29, 1.82) is 0 Å². The van der Waals surface area contributed by atoms with E-state index in [1.54, 1.807) is 4.90 Å². The molecule has 1 aromatic heterocycles. The number of carbonyl (C=O) groups excluding carboxylic acids is 1. The monoisotopic (exact) mass is 395 g/mol. The fourth-order valence-corrected chi connectivity index (χ4v) is 3.83. The highest BCUT2D eigenvalue weighted by Crippen LogP contribution is 2.32. The largest absolute Gasteiger partial charge is 0.443 e. The summed E-state index contributed by atoms with van der Waals surface area (Å²) >= 11 is 0. The van der Waals surface area contributed by atoms with Gasteiger partial charge in [-0.15, -0.1) is 0 Å². The van der Waals surface area contributed by atoms with Gasteiger partial charge in [0.2, 0.25) is 0 Å². The SMILES string of the molecule is CCN(C(=O)OC(C)(C)C)c1ccc([C@H]2CCCCN2Cc2ccccc2)cn1. The molecule has 1 amide bonds. The number of nitrogens with zero attached hydrogens (tertiary/aromatic N) is 3. The first-order valence-corrected chi connectivity index (χ1v) is 10.6. The van der Waals surface area contributed by atoms with Crippen molar-refractivity contribution in [1.82, 2.24) is 9.88 Å². The lowest BCUT2D eigenvalue weighted by molar-refractivity contribution is 0.0581. The van der Waals surface area contributed by atoms with Crippen LogP contribution in [0.1, 0.15) is 64.1 Å². The molecule has 5 nitrogen and oxygen atoms in total. The van der Waals surface area contributed by atoms with Crippen molar-refractivity contribution in [3.05, 3.63) is 59.8 Å². The molecular weight excluding hydrogens is 362 g/mol. The van der Waals surface area contributed by atoms with Crippen LogP contribution in [0.4, 0.5) is 10.6 Å². The summed E-state index contributed by atoms with van der Waals surface area (Å²) in [6, 6.07) is 15.1. The molecule has 29 heavy (non-hydrogen) atoms. The van der Waals surface area contributed by atoms with Crippen LogP contribution in [0.3, 0.4) is 0 Å². The smallest absolute Gasteiger partial charge is 0.415 e. The van der Waals surface area contributed by atoms with E-state index in [4.69, 9.17) is 4.74 Å². The molecule has 2 aromatic rings. The average molecular weight is 396 g/mol. The van der Waals surface area contributed by atoms with E-state index >= 15 is 0 Å². The molecule has 0 unspecified atom stereocenters. The highest BCUT2D eigenvalue weighted by molar-refractivity contribution is 5.86. The van der Waals surface area contributed by atoms with E-state index in [1.807, 2.05) is 40.0 Å². The molecule has 0 aliphatic carbocycles. The van der Waals surface area contributed by atoms with Gasteiger partial charge in [-0.05, 0) is 64.3 Å². The maximum Gasteiger partial charge on any atom is 0.415 e. The van der Waals surface area contributed by atoms with E-state index in [0.717, 1.165) is 19.5 Å². The van der Waals surface area contributed by atoms with Crippen LogP contribution in [-0.2, 0) is 11.3 Å². The van der Waals surface area contributed by atoms with Gasteiger partial charge < -0.3 is 4.74 Å². The number of piperidine rings is 1. The summed E-state index contributed by atoms with van der Waals surface area (Å²) in [5.41, 5.74) is 2.03. The second-order valence-corrected chi connectivity index (χ2v) is 8.64. The first-order valence-electron chi connectivity index (χ1n) is 10.6. The fraction of sp³-hybridized carbons (Fsp3) is 0.500. The van der Waals surface area contributed by atoms with Gasteiger partial charge in [-0.3, -0.25) is 9.80 Å². The summed E-state index contributed by atoms with van der Waals surface area (Å²) in [5, 5.41) is 0. The van der Waals surface area contributed by atoms with Crippen LogP contribution < -0.4 is 4.90 Å². The quantitative estimate of drug-likeness (QED) is 0.664. The summed E-state index contributed by atoms with van der Waals surface area (Å²) in [7, 11) is 0. The molecule has 0 saturated carbocycles. The molecule has 2 heterocycles. The summed E-state index contributed by atoms with van der Waals surface area (Å²) in [6.07, 6.45) is 5.17. The van der Waals surface area contributed by atoms with Crippen molar-refractivity contribution in [2.45, 2.75) is 65.1 Å². The van der Waals surface area contributed by atoms with Crippen molar-refractivity contribution < 1.29 is 9.53 Å². The van der Waals surface area contributed by atoms with Crippen LogP contribution >= 0.6 is 0 Å². The third-order valence-corrected chi connectivity index (χ3v) is 5.20. The summed E-state index contributed by atoms with van der Waals surface area (Å²) in [6.45, 7) is 10.1. The van der Waals surface area contributed by atoms with Gasteiger partial charge in [-0.1, -0.05) is 42.8 Å². The number of benzene rings is 1. The fourth-order valence-electron chi connectivity index (χ4n) is 3.83. The first-order chi connectivity index (χ1) is 13.9. The second-order valence-electron chi connectivity index (χ2n) is 8.64. The highest BCUT2D eigenvalue weighted by atomic mass is 16.6. The summed E-state index contributed by atoms with van der Waals surface area (Å²) in [5.74, 6) is 0.635. The number of anilines is 1. The maximum absolute atomic E-state index is 12.5. The minimum atomic E-state index is -0.523. The van der Waals surface area contributed by atoms with Crippen LogP contribution in [0.5, 0.6) is 0 Å².